The van der Waals surface area contributed by atoms with Crippen molar-refractivity contribution in [3.63, 3.8) is 0 Å². The van der Waals surface area contributed by atoms with Crippen molar-refractivity contribution in [3.8, 4) is 0 Å². The lowest BCUT2D eigenvalue weighted by Gasteiger charge is -2.15. The summed E-state index contributed by atoms with van der Waals surface area (Å²) in [6, 6.07) is 2.26. The molecule has 1 aromatic carbocycles. The molecule has 0 amide bonds. The number of halogens is 1. The van der Waals surface area contributed by atoms with Crippen LogP contribution < -0.4 is 0 Å². The summed E-state index contributed by atoms with van der Waals surface area (Å²) < 4.78 is 13.3. The lowest BCUT2D eigenvalue weighted by molar-refractivity contribution is 0.0698. The molecule has 0 atom stereocenters. The number of H-pyrrole nitrogens is 1. The lowest BCUT2D eigenvalue weighted by Crippen LogP contribution is -2.10. The van der Waals surface area contributed by atoms with E-state index in [2.05, 4.69) is 30.7 Å². The standard InChI is InChI=1S/C13H15FN2O2/c1-13(2,3)6-10-15-9-5-7(14)4-8(12(17)18)11(9)16-10/h4-5H,6H2,1-3H3,(H,15,16)(H,17,18). The van der Waals surface area contributed by atoms with Gasteiger partial charge >= 0.3 is 5.97 Å². The van der Waals surface area contributed by atoms with Gasteiger partial charge in [0.25, 0.3) is 0 Å². The lowest BCUT2D eigenvalue weighted by atomic mass is 9.92. The monoisotopic (exact) mass is 250 g/mol. The fourth-order valence-electron chi connectivity index (χ4n) is 1.88. The molecular formula is C13H15FN2O2. The van der Waals surface area contributed by atoms with Gasteiger partial charge < -0.3 is 10.1 Å². The zero-order valence-corrected chi connectivity index (χ0v) is 10.5. The van der Waals surface area contributed by atoms with Gasteiger partial charge in [-0.05, 0) is 17.5 Å². The van der Waals surface area contributed by atoms with Gasteiger partial charge in [0, 0.05) is 6.42 Å². The number of aromatic amines is 1. The maximum atomic E-state index is 13.3. The smallest absolute Gasteiger partial charge is 0.338 e. The zero-order chi connectivity index (χ0) is 13.5. The molecular weight excluding hydrogens is 235 g/mol. The number of carbonyl (C=O) groups is 1. The van der Waals surface area contributed by atoms with Crippen LogP contribution in [0.25, 0.3) is 11.0 Å². The molecule has 5 heteroatoms. The first-order valence-corrected chi connectivity index (χ1v) is 5.68. The summed E-state index contributed by atoms with van der Waals surface area (Å²) in [6.45, 7) is 6.16. The van der Waals surface area contributed by atoms with Crippen LogP contribution in [0.2, 0.25) is 0 Å². The van der Waals surface area contributed by atoms with E-state index in [-0.39, 0.29) is 11.0 Å². The first-order valence-electron chi connectivity index (χ1n) is 5.68. The van der Waals surface area contributed by atoms with Crippen LogP contribution in [0.5, 0.6) is 0 Å². The molecule has 1 aromatic heterocycles. The molecule has 0 fully saturated rings. The largest absolute Gasteiger partial charge is 0.478 e. The molecule has 2 aromatic rings. The Kier molecular flexibility index (Phi) is 2.84. The molecule has 0 aliphatic carbocycles. The van der Waals surface area contributed by atoms with Crippen molar-refractivity contribution < 1.29 is 14.3 Å². The highest BCUT2D eigenvalue weighted by atomic mass is 19.1. The van der Waals surface area contributed by atoms with Crippen LogP contribution in [0.4, 0.5) is 4.39 Å². The number of nitrogens with zero attached hydrogens (tertiary/aromatic N) is 1. The van der Waals surface area contributed by atoms with E-state index in [1.807, 2.05) is 0 Å². The Morgan fingerprint density at radius 3 is 2.67 bits per heavy atom. The molecule has 0 aliphatic heterocycles. The predicted molar refractivity (Wildman–Crippen MR) is 66.2 cm³/mol. The third-order valence-corrected chi connectivity index (χ3v) is 2.53. The quantitative estimate of drug-likeness (QED) is 0.861. The third-order valence-electron chi connectivity index (χ3n) is 2.53. The predicted octanol–water partition coefficient (Wildman–Crippen LogP) is 2.99. The van der Waals surface area contributed by atoms with Gasteiger partial charge in [-0.1, -0.05) is 20.8 Å². The number of fused-ring (bicyclic) bond motifs is 1. The molecule has 0 radical (unpaired) electrons. The summed E-state index contributed by atoms with van der Waals surface area (Å²) in [5.74, 6) is -1.08. The number of carboxylic acids is 1. The minimum Gasteiger partial charge on any atom is -0.478 e. The Hall–Kier alpha value is -1.91. The number of carboxylic acid groups (broad SMARTS) is 1. The van der Waals surface area contributed by atoms with Gasteiger partial charge in [-0.3, -0.25) is 0 Å². The Labute approximate surface area is 104 Å². The van der Waals surface area contributed by atoms with Crippen LogP contribution in [-0.2, 0) is 6.42 Å². The summed E-state index contributed by atoms with van der Waals surface area (Å²) in [6.07, 6.45) is 0.669. The molecule has 0 unspecified atom stereocenters. The molecule has 96 valence electrons. The highest BCUT2D eigenvalue weighted by Gasteiger charge is 2.18. The van der Waals surface area contributed by atoms with Gasteiger partial charge in [0.2, 0.25) is 0 Å². The van der Waals surface area contributed by atoms with E-state index in [4.69, 9.17) is 5.11 Å². The Balaban J connectivity index is 2.57. The molecule has 1 heterocycles. The van der Waals surface area contributed by atoms with Gasteiger partial charge in [-0.2, -0.15) is 0 Å². The van der Waals surface area contributed by atoms with Crippen molar-refractivity contribution in [2.75, 3.05) is 0 Å². The van der Waals surface area contributed by atoms with Gasteiger partial charge in [0.05, 0.1) is 11.1 Å². The second-order valence-corrected chi connectivity index (χ2v) is 5.58. The van der Waals surface area contributed by atoms with Crippen LogP contribution in [0, 0.1) is 11.2 Å². The van der Waals surface area contributed by atoms with Crippen molar-refractivity contribution in [3.05, 3.63) is 29.3 Å². The number of aromatic carboxylic acids is 1. The van der Waals surface area contributed by atoms with Gasteiger partial charge in [0.1, 0.15) is 17.2 Å². The third kappa shape index (κ3) is 2.50. The fourth-order valence-corrected chi connectivity index (χ4v) is 1.88. The highest BCUT2D eigenvalue weighted by Crippen LogP contribution is 2.23. The number of imidazole rings is 1. The minimum atomic E-state index is -1.17. The van der Waals surface area contributed by atoms with E-state index < -0.39 is 11.8 Å². The molecule has 4 nitrogen and oxygen atoms in total. The first-order chi connectivity index (χ1) is 8.26. The maximum Gasteiger partial charge on any atom is 0.338 e. The van der Waals surface area contributed by atoms with E-state index in [9.17, 15) is 9.18 Å². The van der Waals surface area contributed by atoms with Crippen molar-refractivity contribution in [1.29, 1.82) is 0 Å². The Morgan fingerprint density at radius 2 is 2.11 bits per heavy atom. The van der Waals surface area contributed by atoms with Crippen LogP contribution in [0.15, 0.2) is 12.1 Å². The number of rotatable bonds is 2. The van der Waals surface area contributed by atoms with Crippen molar-refractivity contribution in [2.24, 2.45) is 5.41 Å². The SMILES string of the molecule is CC(C)(C)Cc1nc2c(C(=O)O)cc(F)cc2[nH]1. The molecule has 0 aliphatic rings. The number of benzene rings is 1. The van der Waals surface area contributed by atoms with Gasteiger partial charge in [-0.15, -0.1) is 0 Å². The molecule has 18 heavy (non-hydrogen) atoms. The number of hydrogen-bond acceptors (Lipinski definition) is 2. The summed E-state index contributed by atoms with van der Waals surface area (Å²) in [5.41, 5.74) is 0.645. The Bertz CT molecular complexity index is 611. The number of nitrogens with one attached hydrogen (secondary N) is 1. The van der Waals surface area contributed by atoms with E-state index in [1.165, 1.54) is 6.07 Å². The zero-order valence-electron chi connectivity index (χ0n) is 10.5. The second-order valence-electron chi connectivity index (χ2n) is 5.58. The minimum absolute atomic E-state index is 0.0236. The molecule has 0 bridgehead atoms. The number of aromatic nitrogens is 2. The summed E-state index contributed by atoms with van der Waals surface area (Å²) in [4.78, 5) is 18.3. The fraction of sp³-hybridized carbons (Fsp3) is 0.385. The molecule has 2 N–H and O–H groups in total. The van der Waals surface area contributed by atoms with Crippen LogP contribution in [0.1, 0.15) is 37.0 Å². The molecule has 2 rings (SSSR count). The maximum absolute atomic E-state index is 13.3. The van der Waals surface area contributed by atoms with E-state index in [0.29, 0.717) is 23.3 Å². The van der Waals surface area contributed by atoms with Crippen LogP contribution in [0.3, 0.4) is 0 Å². The first kappa shape index (κ1) is 12.5. The average Bonchev–Trinajstić information content (AvgIpc) is 2.54. The average molecular weight is 250 g/mol. The van der Waals surface area contributed by atoms with E-state index in [1.54, 1.807) is 0 Å². The second kappa shape index (κ2) is 4.08. The Morgan fingerprint density at radius 1 is 1.44 bits per heavy atom. The summed E-state index contributed by atoms with van der Waals surface area (Å²) in [7, 11) is 0. The van der Waals surface area contributed by atoms with E-state index >= 15 is 0 Å². The molecule has 0 spiro atoms. The van der Waals surface area contributed by atoms with Crippen molar-refractivity contribution in [1.82, 2.24) is 9.97 Å². The highest BCUT2D eigenvalue weighted by molar-refractivity contribution is 6.00. The van der Waals surface area contributed by atoms with Crippen LogP contribution >= 0.6 is 0 Å². The topological polar surface area (TPSA) is 66.0 Å². The van der Waals surface area contributed by atoms with Crippen LogP contribution in [-0.4, -0.2) is 21.0 Å². The summed E-state index contributed by atoms with van der Waals surface area (Å²) >= 11 is 0. The molecule has 0 saturated heterocycles. The van der Waals surface area contributed by atoms with Crippen molar-refractivity contribution >= 4 is 17.0 Å². The van der Waals surface area contributed by atoms with Gasteiger partial charge in [-0.25, -0.2) is 14.2 Å². The number of hydrogen-bond donors (Lipinski definition) is 2. The molecule has 0 saturated carbocycles. The normalized spacial score (nSPS) is 12.0. The van der Waals surface area contributed by atoms with Gasteiger partial charge in [0.15, 0.2) is 0 Å². The van der Waals surface area contributed by atoms with Crippen molar-refractivity contribution in [2.45, 2.75) is 27.2 Å². The summed E-state index contributed by atoms with van der Waals surface area (Å²) in [5, 5.41) is 9.03. The van der Waals surface area contributed by atoms with E-state index in [0.717, 1.165) is 6.07 Å².